The summed E-state index contributed by atoms with van der Waals surface area (Å²) in [6, 6.07) is 2.01. The minimum absolute atomic E-state index is 0.00120. The monoisotopic (exact) mass is 341 g/mol. The molecule has 2 aliphatic heterocycles. The van der Waals surface area contributed by atoms with Crippen LogP contribution in [0.5, 0.6) is 0 Å². The van der Waals surface area contributed by atoms with Crippen molar-refractivity contribution in [1.29, 1.82) is 0 Å². The molecule has 1 aliphatic carbocycles. The Labute approximate surface area is 145 Å². The van der Waals surface area contributed by atoms with Crippen LogP contribution in [0.1, 0.15) is 48.6 Å². The van der Waals surface area contributed by atoms with Crippen molar-refractivity contribution in [3.63, 3.8) is 0 Å². The van der Waals surface area contributed by atoms with Crippen LogP contribution in [-0.4, -0.2) is 45.0 Å². The van der Waals surface area contributed by atoms with E-state index in [1.807, 2.05) is 11.0 Å². The molecule has 25 heavy (non-hydrogen) atoms. The summed E-state index contributed by atoms with van der Waals surface area (Å²) in [7, 11) is 0. The van der Waals surface area contributed by atoms with Gasteiger partial charge < -0.3 is 10.2 Å². The summed E-state index contributed by atoms with van der Waals surface area (Å²) in [4.78, 5) is 31.8. The maximum atomic E-state index is 12.9. The molecule has 4 heterocycles. The number of rotatable bonds is 2. The summed E-state index contributed by atoms with van der Waals surface area (Å²) in [5, 5.41) is 6.65. The molecular formula is C18H23N5O2. The van der Waals surface area contributed by atoms with Crippen LogP contribution < -0.4 is 10.9 Å². The van der Waals surface area contributed by atoms with Crippen molar-refractivity contribution in [3.05, 3.63) is 33.4 Å². The highest BCUT2D eigenvalue weighted by Gasteiger charge is 2.35. The molecule has 2 N–H and O–H groups in total. The van der Waals surface area contributed by atoms with Gasteiger partial charge in [-0.05, 0) is 45.2 Å². The fourth-order valence-electron chi connectivity index (χ4n) is 4.13. The first-order chi connectivity index (χ1) is 12.2. The second kappa shape index (κ2) is 5.69. The van der Waals surface area contributed by atoms with Crippen LogP contribution in [0.2, 0.25) is 0 Å². The van der Waals surface area contributed by atoms with E-state index < -0.39 is 0 Å². The number of piperidine rings is 1. The highest BCUT2D eigenvalue weighted by atomic mass is 16.2. The van der Waals surface area contributed by atoms with Gasteiger partial charge >= 0.3 is 0 Å². The topological polar surface area (TPSA) is 82.5 Å². The summed E-state index contributed by atoms with van der Waals surface area (Å²) in [6.07, 6.45) is 4.77. The van der Waals surface area contributed by atoms with Crippen molar-refractivity contribution in [2.45, 2.75) is 44.6 Å². The van der Waals surface area contributed by atoms with Crippen molar-refractivity contribution in [1.82, 2.24) is 24.8 Å². The third kappa shape index (κ3) is 2.57. The predicted octanol–water partition coefficient (Wildman–Crippen LogP) is 0.784. The molecule has 0 atom stereocenters. The van der Waals surface area contributed by atoms with E-state index in [-0.39, 0.29) is 17.4 Å². The van der Waals surface area contributed by atoms with Gasteiger partial charge in [0.2, 0.25) is 5.91 Å². The van der Waals surface area contributed by atoms with Crippen LogP contribution in [0, 0.1) is 5.92 Å². The van der Waals surface area contributed by atoms with Crippen LogP contribution in [0.3, 0.4) is 0 Å². The SMILES string of the molecule is O=C(C1CC1)N1CCc2c(nc3cc(C4CCNCC4)[nH]n3c2=O)C1. The Morgan fingerprint density at radius 3 is 2.76 bits per heavy atom. The van der Waals surface area contributed by atoms with Gasteiger partial charge in [0, 0.05) is 35.7 Å². The zero-order chi connectivity index (χ0) is 17.0. The van der Waals surface area contributed by atoms with E-state index in [4.69, 9.17) is 4.98 Å². The van der Waals surface area contributed by atoms with E-state index in [0.29, 0.717) is 31.1 Å². The highest BCUT2D eigenvalue weighted by molar-refractivity contribution is 5.81. The number of nitrogens with zero attached hydrogens (tertiary/aromatic N) is 3. The highest BCUT2D eigenvalue weighted by Crippen LogP contribution is 2.32. The summed E-state index contributed by atoms with van der Waals surface area (Å²) >= 11 is 0. The number of carbonyl (C=O) groups excluding carboxylic acids is 1. The average Bonchev–Trinajstić information content (AvgIpc) is 3.41. The molecule has 7 nitrogen and oxygen atoms in total. The van der Waals surface area contributed by atoms with Crippen LogP contribution in [0.4, 0.5) is 0 Å². The third-order valence-electron chi connectivity index (χ3n) is 5.80. The minimum Gasteiger partial charge on any atom is -0.336 e. The summed E-state index contributed by atoms with van der Waals surface area (Å²) in [5.74, 6) is 0.898. The molecule has 1 saturated heterocycles. The zero-order valence-corrected chi connectivity index (χ0v) is 14.3. The van der Waals surface area contributed by atoms with E-state index in [2.05, 4.69) is 10.4 Å². The van der Waals surface area contributed by atoms with Gasteiger partial charge in [0.1, 0.15) is 0 Å². The van der Waals surface area contributed by atoms with Crippen molar-refractivity contribution in [2.24, 2.45) is 5.92 Å². The van der Waals surface area contributed by atoms with E-state index in [9.17, 15) is 9.59 Å². The van der Waals surface area contributed by atoms with Crippen LogP contribution in [-0.2, 0) is 17.8 Å². The zero-order valence-electron chi connectivity index (χ0n) is 14.3. The first-order valence-electron chi connectivity index (χ1n) is 9.33. The molecule has 7 heteroatoms. The lowest BCUT2D eigenvalue weighted by Crippen LogP contribution is -2.40. The third-order valence-corrected chi connectivity index (χ3v) is 5.80. The number of H-pyrrole nitrogens is 1. The number of aromatic nitrogens is 3. The molecule has 0 spiro atoms. The Hall–Kier alpha value is -2.15. The minimum atomic E-state index is -0.00120. The van der Waals surface area contributed by atoms with Crippen LogP contribution in [0.15, 0.2) is 10.9 Å². The normalized spacial score (nSPS) is 21.5. The molecule has 2 aromatic heterocycles. The van der Waals surface area contributed by atoms with Crippen molar-refractivity contribution in [2.75, 3.05) is 19.6 Å². The summed E-state index contributed by atoms with van der Waals surface area (Å²) < 4.78 is 1.59. The van der Waals surface area contributed by atoms with E-state index in [0.717, 1.165) is 55.7 Å². The Morgan fingerprint density at radius 1 is 1.20 bits per heavy atom. The average molecular weight is 341 g/mol. The second-order valence-corrected chi connectivity index (χ2v) is 7.56. The molecule has 0 unspecified atom stereocenters. The molecule has 132 valence electrons. The van der Waals surface area contributed by atoms with Gasteiger partial charge in [-0.2, -0.15) is 0 Å². The number of carbonyl (C=O) groups is 1. The standard InChI is InChI=1S/C18H23N5O2/c24-17(12-1-2-12)22-8-5-13-15(10-22)20-16-9-14(21-23(16)18(13)25)11-3-6-19-7-4-11/h9,11-12,19,21H,1-8,10H2. The first-order valence-corrected chi connectivity index (χ1v) is 9.33. The summed E-state index contributed by atoms with van der Waals surface area (Å²) in [5.41, 5.74) is 3.31. The second-order valence-electron chi connectivity index (χ2n) is 7.56. The lowest BCUT2D eigenvalue weighted by molar-refractivity contribution is -0.133. The van der Waals surface area contributed by atoms with Gasteiger partial charge in [-0.15, -0.1) is 0 Å². The van der Waals surface area contributed by atoms with Crippen LogP contribution in [0.25, 0.3) is 5.65 Å². The number of amides is 1. The largest absolute Gasteiger partial charge is 0.336 e. The van der Waals surface area contributed by atoms with Gasteiger partial charge in [0.25, 0.3) is 5.56 Å². The Morgan fingerprint density at radius 2 is 2.00 bits per heavy atom. The number of aromatic amines is 1. The molecule has 0 aromatic carbocycles. The number of nitrogens with one attached hydrogen (secondary N) is 2. The van der Waals surface area contributed by atoms with Gasteiger partial charge in [-0.3, -0.25) is 14.7 Å². The first kappa shape index (κ1) is 15.1. The Balaban J connectivity index is 1.50. The van der Waals surface area contributed by atoms with Crippen LogP contribution >= 0.6 is 0 Å². The number of hydrogen-bond donors (Lipinski definition) is 2. The molecule has 3 aliphatic rings. The van der Waals surface area contributed by atoms with Crippen molar-refractivity contribution < 1.29 is 4.79 Å². The molecule has 0 bridgehead atoms. The van der Waals surface area contributed by atoms with E-state index in [1.165, 1.54) is 0 Å². The van der Waals surface area contributed by atoms with E-state index in [1.54, 1.807) is 4.52 Å². The van der Waals surface area contributed by atoms with Crippen molar-refractivity contribution >= 4 is 11.6 Å². The van der Waals surface area contributed by atoms with E-state index >= 15 is 0 Å². The quantitative estimate of drug-likeness (QED) is 0.846. The predicted molar refractivity (Wildman–Crippen MR) is 92.5 cm³/mol. The molecule has 2 fully saturated rings. The fourth-order valence-corrected chi connectivity index (χ4v) is 4.13. The maximum Gasteiger partial charge on any atom is 0.276 e. The lowest BCUT2D eigenvalue weighted by Gasteiger charge is -2.27. The molecule has 1 amide bonds. The van der Waals surface area contributed by atoms with Gasteiger partial charge in [-0.1, -0.05) is 0 Å². The molecule has 0 radical (unpaired) electrons. The molecule has 2 aromatic rings. The van der Waals surface area contributed by atoms with Crippen molar-refractivity contribution in [3.8, 4) is 0 Å². The molecule has 5 rings (SSSR count). The maximum absolute atomic E-state index is 12.9. The number of fused-ring (bicyclic) bond motifs is 2. The number of hydrogen-bond acceptors (Lipinski definition) is 4. The molecule has 1 saturated carbocycles. The van der Waals surface area contributed by atoms with Gasteiger partial charge in [-0.25, -0.2) is 9.50 Å². The van der Waals surface area contributed by atoms with Gasteiger partial charge in [0.05, 0.1) is 12.2 Å². The van der Waals surface area contributed by atoms with Gasteiger partial charge in [0.15, 0.2) is 5.65 Å². The fraction of sp³-hybridized carbons (Fsp3) is 0.611. The lowest BCUT2D eigenvalue weighted by atomic mass is 9.95. The smallest absolute Gasteiger partial charge is 0.276 e. The Kier molecular flexibility index (Phi) is 3.45. The summed E-state index contributed by atoms with van der Waals surface area (Å²) in [6.45, 7) is 3.13. The Bertz CT molecular complexity index is 889. The molecular weight excluding hydrogens is 318 g/mol.